The Morgan fingerprint density at radius 3 is 2.93 bits per heavy atom. The molecule has 0 aliphatic rings. The largest absolute Gasteiger partial charge is 0.486 e. The van der Waals surface area contributed by atoms with Gasteiger partial charge in [0, 0.05) is 16.9 Å². The number of hydrogen-bond donors (Lipinski definition) is 1. The van der Waals surface area contributed by atoms with E-state index in [1.165, 1.54) is 11.3 Å². The average Bonchev–Trinajstić information content (AvgIpc) is 2.62. The first-order valence-electron chi connectivity index (χ1n) is 4.17. The number of aromatic nitrogens is 2. The van der Waals surface area contributed by atoms with Crippen LogP contribution in [0.4, 0.5) is 5.13 Å². The van der Waals surface area contributed by atoms with Crippen LogP contribution in [-0.2, 0) is 6.61 Å². The van der Waals surface area contributed by atoms with Crippen molar-refractivity contribution in [1.82, 2.24) is 9.97 Å². The van der Waals surface area contributed by atoms with Crippen LogP contribution < -0.4 is 10.5 Å². The van der Waals surface area contributed by atoms with Gasteiger partial charge in [-0.3, -0.25) is 4.98 Å². The first-order chi connectivity index (χ1) is 7.24. The Labute approximate surface area is 99.3 Å². The molecule has 2 heterocycles. The van der Waals surface area contributed by atoms with E-state index in [-0.39, 0.29) is 0 Å². The van der Waals surface area contributed by atoms with Crippen molar-refractivity contribution in [2.45, 2.75) is 6.61 Å². The van der Waals surface area contributed by atoms with Gasteiger partial charge in [0.1, 0.15) is 12.4 Å². The van der Waals surface area contributed by atoms with Crippen LogP contribution in [0, 0.1) is 0 Å². The SMILES string of the molecule is Nc1ncc(COc2cncc(Br)c2)s1. The molecule has 2 N–H and O–H groups in total. The Hall–Kier alpha value is -1.14. The van der Waals surface area contributed by atoms with Crippen LogP contribution in [0.3, 0.4) is 0 Å². The highest BCUT2D eigenvalue weighted by Crippen LogP contribution is 2.19. The van der Waals surface area contributed by atoms with Gasteiger partial charge in [0.25, 0.3) is 0 Å². The van der Waals surface area contributed by atoms with Crippen molar-refractivity contribution in [3.8, 4) is 5.75 Å². The van der Waals surface area contributed by atoms with Gasteiger partial charge < -0.3 is 10.5 Å². The summed E-state index contributed by atoms with van der Waals surface area (Å²) in [6.45, 7) is 0.465. The van der Waals surface area contributed by atoms with Gasteiger partial charge in [-0.05, 0) is 22.0 Å². The fourth-order valence-electron chi connectivity index (χ4n) is 1.02. The topological polar surface area (TPSA) is 61.0 Å². The predicted octanol–water partition coefficient (Wildman–Crippen LogP) is 2.46. The maximum Gasteiger partial charge on any atom is 0.180 e. The highest BCUT2D eigenvalue weighted by molar-refractivity contribution is 9.10. The number of thiazole rings is 1. The second kappa shape index (κ2) is 4.59. The minimum Gasteiger partial charge on any atom is -0.486 e. The van der Waals surface area contributed by atoms with E-state index in [1.807, 2.05) is 6.07 Å². The predicted molar refractivity (Wildman–Crippen MR) is 62.8 cm³/mol. The molecule has 0 aliphatic carbocycles. The van der Waals surface area contributed by atoms with Gasteiger partial charge in [0.15, 0.2) is 5.13 Å². The van der Waals surface area contributed by atoms with Crippen LogP contribution in [0.1, 0.15) is 4.88 Å². The first kappa shape index (κ1) is 10.4. The summed E-state index contributed by atoms with van der Waals surface area (Å²) in [5.41, 5.74) is 5.50. The molecule has 0 saturated carbocycles. The molecular formula is C9H8BrN3OS. The quantitative estimate of drug-likeness (QED) is 0.941. The lowest BCUT2D eigenvalue weighted by atomic mass is 10.4. The van der Waals surface area contributed by atoms with Crippen molar-refractivity contribution in [3.63, 3.8) is 0 Å². The van der Waals surface area contributed by atoms with Gasteiger partial charge >= 0.3 is 0 Å². The fourth-order valence-corrected chi connectivity index (χ4v) is 1.96. The van der Waals surface area contributed by atoms with Crippen LogP contribution >= 0.6 is 27.3 Å². The molecule has 0 radical (unpaired) electrons. The number of rotatable bonds is 3. The summed E-state index contributed by atoms with van der Waals surface area (Å²) in [4.78, 5) is 8.92. The number of pyridine rings is 1. The monoisotopic (exact) mass is 285 g/mol. The van der Waals surface area contributed by atoms with Crippen molar-refractivity contribution in [1.29, 1.82) is 0 Å². The molecule has 0 saturated heterocycles. The Morgan fingerprint density at radius 2 is 2.27 bits per heavy atom. The van der Waals surface area contributed by atoms with Crippen molar-refractivity contribution in [2.24, 2.45) is 0 Å². The van der Waals surface area contributed by atoms with Crippen LogP contribution in [0.25, 0.3) is 0 Å². The van der Waals surface area contributed by atoms with Crippen LogP contribution in [-0.4, -0.2) is 9.97 Å². The molecule has 0 aromatic carbocycles. The van der Waals surface area contributed by atoms with Gasteiger partial charge in [-0.25, -0.2) is 4.98 Å². The highest BCUT2D eigenvalue weighted by atomic mass is 79.9. The van der Waals surface area contributed by atoms with Gasteiger partial charge in [0.05, 0.1) is 11.1 Å². The minimum atomic E-state index is 0.465. The summed E-state index contributed by atoms with van der Waals surface area (Å²) < 4.78 is 6.40. The zero-order chi connectivity index (χ0) is 10.7. The molecule has 0 fully saturated rings. The summed E-state index contributed by atoms with van der Waals surface area (Å²) in [5.74, 6) is 0.719. The molecule has 78 valence electrons. The summed E-state index contributed by atoms with van der Waals surface area (Å²) in [6.07, 6.45) is 5.08. The lowest BCUT2D eigenvalue weighted by Gasteiger charge is -2.03. The van der Waals surface area contributed by atoms with E-state index in [2.05, 4.69) is 25.9 Å². The maximum absolute atomic E-state index is 5.51. The normalized spacial score (nSPS) is 10.2. The zero-order valence-electron chi connectivity index (χ0n) is 7.68. The molecule has 0 unspecified atom stereocenters. The lowest BCUT2D eigenvalue weighted by molar-refractivity contribution is 0.308. The van der Waals surface area contributed by atoms with E-state index in [9.17, 15) is 0 Å². The van der Waals surface area contributed by atoms with Crippen molar-refractivity contribution >= 4 is 32.4 Å². The van der Waals surface area contributed by atoms with E-state index in [1.54, 1.807) is 18.6 Å². The average molecular weight is 286 g/mol. The number of nitrogen functional groups attached to an aromatic ring is 1. The van der Waals surface area contributed by atoms with Gasteiger partial charge in [-0.1, -0.05) is 11.3 Å². The van der Waals surface area contributed by atoms with Crippen LogP contribution in [0.5, 0.6) is 5.75 Å². The second-order valence-electron chi connectivity index (χ2n) is 2.79. The first-order valence-corrected chi connectivity index (χ1v) is 5.78. The van der Waals surface area contributed by atoms with Gasteiger partial charge in [-0.2, -0.15) is 0 Å². The number of nitrogens with zero attached hydrogens (tertiary/aromatic N) is 2. The molecule has 2 rings (SSSR count). The molecule has 2 aromatic heterocycles. The Bertz CT molecular complexity index is 460. The van der Waals surface area contributed by atoms with E-state index in [4.69, 9.17) is 10.5 Å². The number of nitrogens with two attached hydrogens (primary N) is 1. The smallest absolute Gasteiger partial charge is 0.180 e. The molecule has 0 atom stereocenters. The number of hydrogen-bond acceptors (Lipinski definition) is 5. The zero-order valence-corrected chi connectivity index (χ0v) is 10.1. The third kappa shape index (κ3) is 2.90. The number of halogens is 1. The third-order valence-electron chi connectivity index (χ3n) is 1.63. The highest BCUT2D eigenvalue weighted by Gasteiger charge is 2.00. The second-order valence-corrected chi connectivity index (χ2v) is 4.85. The van der Waals surface area contributed by atoms with E-state index in [0.717, 1.165) is 15.1 Å². The Morgan fingerprint density at radius 1 is 1.40 bits per heavy atom. The molecule has 0 aliphatic heterocycles. The van der Waals surface area contributed by atoms with Gasteiger partial charge in [-0.15, -0.1) is 0 Å². The van der Waals surface area contributed by atoms with E-state index in [0.29, 0.717) is 11.7 Å². The maximum atomic E-state index is 5.51. The van der Waals surface area contributed by atoms with Crippen molar-refractivity contribution in [2.75, 3.05) is 5.73 Å². The van der Waals surface area contributed by atoms with Crippen molar-refractivity contribution < 1.29 is 4.74 Å². The summed E-state index contributed by atoms with van der Waals surface area (Å²) in [7, 11) is 0. The Balaban J connectivity index is 1.99. The molecule has 2 aromatic rings. The number of anilines is 1. The lowest BCUT2D eigenvalue weighted by Crippen LogP contribution is -1.93. The third-order valence-corrected chi connectivity index (χ3v) is 2.87. The summed E-state index contributed by atoms with van der Waals surface area (Å²) in [5, 5.41) is 0.556. The summed E-state index contributed by atoms with van der Waals surface area (Å²) in [6, 6.07) is 1.86. The van der Waals surface area contributed by atoms with E-state index >= 15 is 0 Å². The standard InChI is InChI=1S/C9H8BrN3OS/c10-6-1-7(3-12-2-6)14-5-8-4-13-9(11)15-8/h1-4H,5H2,(H2,11,13). The number of ether oxygens (including phenoxy) is 1. The molecule has 0 bridgehead atoms. The fraction of sp³-hybridized carbons (Fsp3) is 0.111. The molecular weight excluding hydrogens is 278 g/mol. The van der Waals surface area contributed by atoms with Crippen molar-refractivity contribution in [3.05, 3.63) is 34.0 Å². The van der Waals surface area contributed by atoms with Crippen LogP contribution in [0.2, 0.25) is 0 Å². The van der Waals surface area contributed by atoms with Gasteiger partial charge in [0.2, 0.25) is 0 Å². The molecule has 6 heteroatoms. The van der Waals surface area contributed by atoms with Crippen LogP contribution in [0.15, 0.2) is 29.1 Å². The minimum absolute atomic E-state index is 0.465. The van der Waals surface area contributed by atoms with E-state index < -0.39 is 0 Å². The molecule has 0 spiro atoms. The Kier molecular flexibility index (Phi) is 3.17. The summed E-state index contributed by atoms with van der Waals surface area (Å²) >= 11 is 4.74. The molecule has 4 nitrogen and oxygen atoms in total. The molecule has 0 amide bonds. The molecule has 15 heavy (non-hydrogen) atoms.